The van der Waals surface area contributed by atoms with Gasteiger partial charge in [-0.1, -0.05) is 32.9 Å². The van der Waals surface area contributed by atoms with Crippen LogP contribution in [0.1, 0.15) is 67.1 Å². The summed E-state index contributed by atoms with van der Waals surface area (Å²) in [5.74, 6) is 6.15. The molecule has 0 unspecified atom stereocenters. The van der Waals surface area contributed by atoms with Crippen LogP contribution in [0.4, 0.5) is 11.4 Å². The fraction of sp³-hybridized carbons (Fsp3) is 0.536. The maximum Gasteiger partial charge on any atom is 0.255 e. The van der Waals surface area contributed by atoms with Gasteiger partial charge in [-0.2, -0.15) is 0 Å². The van der Waals surface area contributed by atoms with Crippen LogP contribution in [0, 0.1) is 6.92 Å². The molecule has 1 aliphatic rings. The van der Waals surface area contributed by atoms with Crippen LogP contribution in [0.2, 0.25) is 0 Å². The number of carbonyl (C=O) groups is 1. The summed E-state index contributed by atoms with van der Waals surface area (Å²) in [5, 5.41) is 3.13. The van der Waals surface area contributed by atoms with Gasteiger partial charge in [0.1, 0.15) is 5.75 Å². The molecule has 1 saturated heterocycles. The molecule has 1 heterocycles. The lowest BCUT2D eigenvalue weighted by Crippen LogP contribution is -2.41. The van der Waals surface area contributed by atoms with Gasteiger partial charge >= 0.3 is 0 Å². The van der Waals surface area contributed by atoms with Gasteiger partial charge in [0.05, 0.1) is 18.5 Å². The summed E-state index contributed by atoms with van der Waals surface area (Å²) in [6.07, 6.45) is 3.30. The number of hydrogen-bond acceptors (Lipinski definition) is 6. The number of hydrogen-bond donors (Lipinski definition) is 3. The molecule has 0 spiro atoms. The molecular weight excluding hydrogens is 438 g/mol. The Morgan fingerprint density at radius 2 is 1.89 bits per heavy atom. The number of nitrogen functional groups attached to an aromatic ring is 1. The lowest BCUT2D eigenvalue weighted by molar-refractivity contribution is 0.102. The standard InChI is InChI=1S/C28H43N5O2/c1-8-28(3,4)22-15-21(18-33(6)23-11-13-32(5)14-12-23)26(35-7)25(17-22)30-27(34)20-10-9-19(2)24(16-20)31-29/h9-10,15-17,23,31H,8,11-14,18,29H2,1-7H3,(H,30,34). The third kappa shape index (κ3) is 6.34. The SMILES string of the molecule is CCC(C)(C)c1cc(CN(C)C2CCN(C)CC2)c(OC)c(NC(=O)c2ccc(C)c(NN)c2)c1. The van der Waals surface area contributed by atoms with E-state index in [1.54, 1.807) is 13.2 Å². The van der Waals surface area contributed by atoms with Crippen molar-refractivity contribution < 1.29 is 9.53 Å². The van der Waals surface area contributed by atoms with Crippen LogP contribution in [0.3, 0.4) is 0 Å². The van der Waals surface area contributed by atoms with Gasteiger partial charge in [0.2, 0.25) is 0 Å². The Morgan fingerprint density at radius 3 is 2.49 bits per heavy atom. The van der Waals surface area contributed by atoms with E-state index in [0.29, 0.717) is 17.3 Å². The zero-order chi connectivity index (χ0) is 25.8. The Kier molecular flexibility index (Phi) is 8.80. The molecule has 0 aromatic heterocycles. The van der Waals surface area contributed by atoms with E-state index >= 15 is 0 Å². The second kappa shape index (κ2) is 11.4. The smallest absolute Gasteiger partial charge is 0.255 e. The van der Waals surface area contributed by atoms with Crippen molar-refractivity contribution >= 4 is 17.3 Å². The first-order valence-corrected chi connectivity index (χ1v) is 12.6. The lowest BCUT2D eigenvalue weighted by Gasteiger charge is -2.35. The predicted molar refractivity (Wildman–Crippen MR) is 145 cm³/mol. The van der Waals surface area contributed by atoms with Crippen LogP contribution >= 0.6 is 0 Å². The largest absolute Gasteiger partial charge is 0.494 e. The number of nitrogens with one attached hydrogen (secondary N) is 2. The minimum Gasteiger partial charge on any atom is -0.494 e. The van der Waals surface area contributed by atoms with Crippen LogP contribution in [0.15, 0.2) is 30.3 Å². The Hall–Kier alpha value is -2.61. The monoisotopic (exact) mass is 481 g/mol. The van der Waals surface area contributed by atoms with E-state index in [4.69, 9.17) is 10.6 Å². The molecule has 3 rings (SSSR count). The number of carbonyl (C=O) groups excluding carboxylic acids is 1. The van der Waals surface area contributed by atoms with Crippen molar-refractivity contribution in [2.45, 2.75) is 65.0 Å². The minimum absolute atomic E-state index is 0.0346. The number of rotatable bonds is 9. The predicted octanol–water partition coefficient (Wildman–Crippen LogP) is 4.76. The van der Waals surface area contributed by atoms with Crippen molar-refractivity contribution in [3.8, 4) is 5.75 Å². The van der Waals surface area contributed by atoms with E-state index in [1.807, 2.05) is 19.1 Å². The van der Waals surface area contributed by atoms with E-state index < -0.39 is 0 Å². The minimum atomic E-state index is -0.194. The van der Waals surface area contributed by atoms with Gasteiger partial charge in [-0.25, -0.2) is 0 Å². The van der Waals surface area contributed by atoms with Crippen molar-refractivity contribution in [2.75, 3.05) is 45.0 Å². The summed E-state index contributed by atoms with van der Waals surface area (Å²) < 4.78 is 5.90. The van der Waals surface area contributed by atoms with Gasteiger partial charge < -0.3 is 20.4 Å². The maximum atomic E-state index is 13.3. The number of nitrogens with two attached hydrogens (primary N) is 1. The molecule has 2 aromatic rings. The Bertz CT molecular complexity index is 1030. The summed E-state index contributed by atoms with van der Waals surface area (Å²) in [7, 11) is 6.06. The summed E-state index contributed by atoms with van der Waals surface area (Å²) in [4.78, 5) is 18.1. The number of aryl methyl sites for hydroxylation is 1. The van der Waals surface area contributed by atoms with Crippen molar-refractivity contribution in [1.29, 1.82) is 0 Å². The molecule has 0 aliphatic carbocycles. The third-order valence-corrected chi connectivity index (χ3v) is 7.67. The number of hydrazine groups is 1. The Labute approximate surface area is 211 Å². The summed E-state index contributed by atoms with van der Waals surface area (Å²) in [6, 6.07) is 10.3. The molecule has 1 amide bonds. The Balaban J connectivity index is 1.96. The number of methoxy groups -OCH3 is 1. The van der Waals surface area contributed by atoms with Crippen molar-refractivity contribution in [3.63, 3.8) is 0 Å². The van der Waals surface area contributed by atoms with E-state index in [1.165, 1.54) is 5.56 Å². The molecule has 0 atom stereocenters. The van der Waals surface area contributed by atoms with E-state index in [2.05, 4.69) is 67.5 Å². The molecule has 0 radical (unpaired) electrons. The number of likely N-dealkylation sites (tertiary alicyclic amines) is 1. The maximum absolute atomic E-state index is 13.3. The molecule has 35 heavy (non-hydrogen) atoms. The van der Waals surface area contributed by atoms with Gasteiger partial charge in [-0.3, -0.25) is 15.5 Å². The zero-order valence-electron chi connectivity index (χ0n) is 22.5. The average molecular weight is 482 g/mol. The first-order valence-electron chi connectivity index (χ1n) is 12.6. The fourth-order valence-electron chi connectivity index (χ4n) is 4.68. The Morgan fingerprint density at radius 1 is 1.20 bits per heavy atom. The van der Waals surface area contributed by atoms with E-state index in [-0.39, 0.29) is 11.3 Å². The normalized spacial score (nSPS) is 15.3. The van der Waals surface area contributed by atoms with Gasteiger partial charge in [-0.15, -0.1) is 0 Å². The number of amides is 1. The van der Waals surface area contributed by atoms with Gasteiger partial charge in [0.15, 0.2) is 0 Å². The van der Waals surface area contributed by atoms with E-state index in [0.717, 1.165) is 61.5 Å². The van der Waals surface area contributed by atoms with Crippen LogP contribution in [-0.2, 0) is 12.0 Å². The topological polar surface area (TPSA) is 82.9 Å². The first kappa shape index (κ1) is 27.0. The zero-order valence-corrected chi connectivity index (χ0v) is 22.5. The number of piperidine rings is 1. The van der Waals surface area contributed by atoms with E-state index in [9.17, 15) is 4.79 Å². The van der Waals surface area contributed by atoms with Crippen LogP contribution in [0.25, 0.3) is 0 Å². The number of anilines is 2. The molecule has 7 heteroatoms. The summed E-state index contributed by atoms with van der Waals surface area (Å²) in [5.41, 5.74) is 7.86. The lowest BCUT2D eigenvalue weighted by atomic mass is 9.81. The van der Waals surface area contributed by atoms with Gasteiger partial charge in [0, 0.05) is 23.7 Å². The van der Waals surface area contributed by atoms with Crippen molar-refractivity contribution in [3.05, 3.63) is 52.6 Å². The molecule has 192 valence electrons. The fourth-order valence-corrected chi connectivity index (χ4v) is 4.68. The van der Waals surface area contributed by atoms with Crippen LogP contribution in [0.5, 0.6) is 5.75 Å². The molecule has 4 N–H and O–H groups in total. The van der Waals surface area contributed by atoms with Crippen LogP contribution in [-0.4, -0.2) is 56.0 Å². The second-order valence-electron chi connectivity index (χ2n) is 10.5. The highest BCUT2D eigenvalue weighted by molar-refractivity contribution is 6.05. The summed E-state index contributed by atoms with van der Waals surface area (Å²) >= 11 is 0. The molecular formula is C28H43N5O2. The third-order valence-electron chi connectivity index (χ3n) is 7.67. The molecule has 2 aromatic carbocycles. The quantitative estimate of drug-likeness (QED) is 0.354. The number of benzene rings is 2. The van der Waals surface area contributed by atoms with Crippen LogP contribution < -0.4 is 21.3 Å². The first-order chi connectivity index (χ1) is 16.6. The van der Waals surface area contributed by atoms with Gasteiger partial charge in [0.25, 0.3) is 5.91 Å². The highest BCUT2D eigenvalue weighted by Gasteiger charge is 2.26. The number of ether oxygens (including phenoxy) is 1. The number of nitrogens with zero attached hydrogens (tertiary/aromatic N) is 2. The second-order valence-corrected chi connectivity index (χ2v) is 10.5. The van der Waals surface area contributed by atoms with Gasteiger partial charge in [-0.05, 0) is 88.1 Å². The van der Waals surface area contributed by atoms with Crippen molar-refractivity contribution in [1.82, 2.24) is 9.80 Å². The molecule has 7 nitrogen and oxygen atoms in total. The molecule has 0 bridgehead atoms. The average Bonchev–Trinajstić information content (AvgIpc) is 2.84. The van der Waals surface area contributed by atoms with Crippen molar-refractivity contribution in [2.24, 2.45) is 5.84 Å². The molecule has 1 aliphatic heterocycles. The molecule has 1 fully saturated rings. The molecule has 0 saturated carbocycles. The highest BCUT2D eigenvalue weighted by atomic mass is 16.5. The highest BCUT2D eigenvalue weighted by Crippen LogP contribution is 2.38. The summed E-state index contributed by atoms with van der Waals surface area (Å²) in [6.45, 7) is 11.6.